The molecule has 14 heteroatoms. The van der Waals surface area contributed by atoms with Crippen LogP contribution < -0.4 is 19.5 Å². The molecule has 37 heavy (non-hydrogen) atoms. The van der Waals surface area contributed by atoms with Crippen molar-refractivity contribution in [3.05, 3.63) is 81.9 Å². The summed E-state index contributed by atoms with van der Waals surface area (Å²) in [6.45, 7) is -0.968. The second-order valence-corrected chi connectivity index (χ2v) is 7.26. The molecule has 0 radical (unpaired) electrons. The average Bonchev–Trinajstić information content (AvgIpc) is 2.82. The molecule has 0 heterocycles. The van der Waals surface area contributed by atoms with Crippen molar-refractivity contribution in [1.29, 1.82) is 0 Å². The molecule has 0 bridgehead atoms. The first-order chi connectivity index (χ1) is 17.3. The molecule has 0 aromatic heterocycles. The van der Waals surface area contributed by atoms with Crippen molar-refractivity contribution in [2.24, 2.45) is 0 Å². The van der Waals surface area contributed by atoms with E-state index in [1.54, 1.807) is 0 Å². The van der Waals surface area contributed by atoms with Gasteiger partial charge in [0.1, 0.15) is 11.5 Å². The van der Waals surface area contributed by atoms with E-state index >= 15 is 0 Å². The van der Waals surface area contributed by atoms with Crippen LogP contribution in [0.2, 0.25) is 0 Å². The molecule has 0 aliphatic heterocycles. The second kappa shape index (κ2) is 10.6. The predicted molar refractivity (Wildman–Crippen MR) is 117 cm³/mol. The normalized spacial score (nSPS) is 11.5. The van der Waals surface area contributed by atoms with Gasteiger partial charge in [-0.15, -0.1) is 0 Å². The Morgan fingerprint density at radius 2 is 1.41 bits per heavy atom. The number of methoxy groups -OCH3 is 1. The van der Waals surface area contributed by atoms with Gasteiger partial charge in [0.2, 0.25) is 0 Å². The highest BCUT2D eigenvalue weighted by Gasteiger charge is 2.34. The van der Waals surface area contributed by atoms with Crippen LogP contribution in [0, 0.1) is 10.1 Å². The fourth-order valence-electron chi connectivity index (χ4n) is 2.95. The summed E-state index contributed by atoms with van der Waals surface area (Å²) >= 11 is 0. The first-order valence-electron chi connectivity index (χ1n) is 10.1. The summed E-state index contributed by atoms with van der Waals surface area (Å²) in [5.74, 6) is -1.19. The molecule has 0 saturated heterocycles. The van der Waals surface area contributed by atoms with Crippen molar-refractivity contribution >= 4 is 17.3 Å². The average molecular weight is 530 g/mol. The van der Waals surface area contributed by atoms with Gasteiger partial charge in [0.25, 0.3) is 5.91 Å². The molecule has 0 spiro atoms. The third kappa shape index (κ3) is 7.02. The Kier molecular flexibility index (Phi) is 7.79. The summed E-state index contributed by atoms with van der Waals surface area (Å²) in [5.41, 5.74) is -3.86. The SMILES string of the molecule is COc1ccc(Oc2ccc(C(F)(F)F)cc2NC(=O)COc2ccc(C(F)(F)F)cc2[N+](=O)[O-])cc1. The molecule has 0 fully saturated rings. The van der Waals surface area contributed by atoms with Gasteiger partial charge in [0.05, 0.1) is 28.8 Å². The zero-order valence-electron chi connectivity index (χ0n) is 18.6. The van der Waals surface area contributed by atoms with Crippen LogP contribution in [0.25, 0.3) is 0 Å². The third-order valence-electron chi connectivity index (χ3n) is 4.71. The number of carbonyl (C=O) groups is 1. The molecule has 3 rings (SSSR count). The number of nitrogens with one attached hydrogen (secondary N) is 1. The number of halogens is 6. The molecule has 0 atom stereocenters. The van der Waals surface area contributed by atoms with E-state index in [0.717, 1.165) is 12.1 Å². The van der Waals surface area contributed by atoms with Gasteiger partial charge in [0.15, 0.2) is 18.1 Å². The number of nitro groups is 1. The maximum absolute atomic E-state index is 13.2. The van der Waals surface area contributed by atoms with Crippen molar-refractivity contribution in [2.45, 2.75) is 12.4 Å². The quantitative estimate of drug-likeness (QED) is 0.204. The van der Waals surface area contributed by atoms with Crippen LogP contribution in [0.5, 0.6) is 23.0 Å². The van der Waals surface area contributed by atoms with Gasteiger partial charge in [0, 0.05) is 6.07 Å². The molecule has 1 N–H and O–H groups in total. The lowest BCUT2D eigenvalue weighted by Crippen LogP contribution is -2.21. The maximum Gasteiger partial charge on any atom is 0.416 e. The van der Waals surface area contributed by atoms with Crippen molar-refractivity contribution in [2.75, 3.05) is 19.0 Å². The number of hydrogen-bond acceptors (Lipinski definition) is 6. The Balaban J connectivity index is 1.81. The lowest BCUT2D eigenvalue weighted by molar-refractivity contribution is -0.386. The minimum Gasteiger partial charge on any atom is -0.497 e. The number of benzene rings is 3. The fraction of sp³-hybridized carbons (Fsp3) is 0.174. The molecule has 3 aromatic carbocycles. The zero-order valence-corrected chi connectivity index (χ0v) is 18.6. The maximum atomic E-state index is 13.2. The molecule has 8 nitrogen and oxygen atoms in total. The number of ether oxygens (including phenoxy) is 3. The van der Waals surface area contributed by atoms with Crippen LogP contribution in [0.3, 0.4) is 0 Å². The highest BCUT2D eigenvalue weighted by atomic mass is 19.4. The number of rotatable bonds is 8. The van der Waals surface area contributed by atoms with Crippen molar-refractivity contribution in [3.8, 4) is 23.0 Å². The number of nitro benzene ring substituents is 1. The van der Waals surface area contributed by atoms with Gasteiger partial charge >= 0.3 is 18.0 Å². The summed E-state index contributed by atoms with van der Waals surface area (Å²) in [7, 11) is 1.43. The number of carbonyl (C=O) groups excluding carboxylic acids is 1. The van der Waals surface area contributed by atoms with Crippen LogP contribution in [0.1, 0.15) is 11.1 Å². The minimum absolute atomic E-state index is 0.174. The molecule has 0 saturated carbocycles. The van der Waals surface area contributed by atoms with Gasteiger partial charge in [-0.05, 0) is 54.6 Å². The Labute approximate surface area is 204 Å². The Morgan fingerprint density at radius 3 is 1.95 bits per heavy atom. The van der Waals surface area contributed by atoms with Crippen molar-refractivity contribution in [1.82, 2.24) is 0 Å². The smallest absolute Gasteiger partial charge is 0.416 e. The summed E-state index contributed by atoms with van der Waals surface area (Å²) < 4.78 is 93.7. The molecule has 0 aliphatic rings. The van der Waals surface area contributed by atoms with Crippen molar-refractivity contribution in [3.63, 3.8) is 0 Å². The van der Waals surface area contributed by atoms with E-state index in [2.05, 4.69) is 5.32 Å². The number of hydrogen-bond donors (Lipinski definition) is 1. The number of nitrogens with zero attached hydrogens (tertiary/aromatic N) is 1. The van der Waals surface area contributed by atoms with E-state index < -0.39 is 58.0 Å². The van der Waals surface area contributed by atoms with Gasteiger partial charge in [-0.2, -0.15) is 26.3 Å². The molecule has 0 aliphatic carbocycles. The standard InChI is InChI=1S/C23H16F6N2O6/c1-35-15-4-6-16(7-5-15)37-19-8-2-13(22(24,25)26)10-17(19)30-21(32)12-36-20-9-3-14(23(27,28)29)11-18(20)31(33)34/h2-11H,12H2,1H3,(H,30,32). The molecule has 3 aromatic rings. The monoisotopic (exact) mass is 530 g/mol. The van der Waals surface area contributed by atoms with Crippen LogP contribution in [-0.2, 0) is 17.1 Å². The Bertz CT molecular complexity index is 1290. The lowest BCUT2D eigenvalue weighted by atomic mass is 10.1. The Hall–Kier alpha value is -4.49. The number of alkyl halides is 6. The predicted octanol–water partition coefficient (Wildman–Crippen LogP) is 6.45. The highest BCUT2D eigenvalue weighted by Crippen LogP contribution is 2.38. The summed E-state index contributed by atoms with van der Waals surface area (Å²) in [4.78, 5) is 22.4. The fourth-order valence-corrected chi connectivity index (χ4v) is 2.95. The van der Waals surface area contributed by atoms with Gasteiger partial charge in [-0.3, -0.25) is 14.9 Å². The van der Waals surface area contributed by atoms with E-state index in [1.165, 1.54) is 31.4 Å². The summed E-state index contributed by atoms with van der Waals surface area (Å²) in [5, 5.41) is 13.3. The van der Waals surface area contributed by atoms with Gasteiger partial charge < -0.3 is 19.5 Å². The topological polar surface area (TPSA) is 99.9 Å². The minimum atomic E-state index is -4.86. The van der Waals surface area contributed by atoms with E-state index in [9.17, 15) is 41.3 Å². The van der Waals surface area contributed by atoms with Crippen LogP contribution in [0.15, 0.2) is 60.7 Å². The highest BCUT2D eigenvalue weighted by molar-refractivity contribution is 5.93. The summed E-state index contributed by atoms with van der Waals surface area (Å²) in [6, 6.07) is 9.73. The number of amides is 1. The molecular formula is C23H16F6N2O6. The van der Waals surface area contributed by atoms with Crippen LogP contribution in [0.4, 0.5) is 37.7 Å². The largest absolute Gasteiger partial charge is 0.497 e. The van der Waals surface area contributed by atoms with Gasteiger partial charge in [-0.1, -0.05) is 0 Å². The number of anilines is 1. The van der Waals surface area contributed by atoms with Crippen LogP contribution in [-0.4, -0.2) is 24.5 Å². The summed E-state index contributed by atoms with van der Waals surface area (Å²) in [6.07, 6.45) is -9.61. The van der Waals surface area contributed by atoms with Crippen LogP contribution >= 0.6 is 0 Å². The second-order valence-electron chi connectivity index (χ2n) is 7.26. The zero-order chi connectivity index (χ0) is 27.4. The molecule has 0 unspecified atom stereocenters. The molecule has 196 valence electrons. The van der Waals surface area contributed by atoms with E-state index in [1.807, 2.05) is 0 Å². The molecule has 1 amide bonds. The first kappa shape index (κ1) is 27.1. The van der Waals surface area contributed by atoms with E-state index in [4.69, 9.17) is 14.2 Å². The molecular weight excluding hydrogens is 514 g/mol. The Morgan fingerprint density at radius 1 is 0.865 bits per heavy atom. The van der Waals surface area contributed by atoms with Gasteiger partial charge in [-0.25, -0.2) is 0 Å². The van der Waals surface area contributed by atoms with E-state index in [0.29, 0.717) is 23.9 Å². The van der Waals surface area contributed by atoms with E-state index in [-0.39, 0.29) is 17.6 Å². The lowest BCUT2D eigenvalue weighted by Gasteiger charge is -2.16. The van der Waals surface area contributed by atoms with Crippen molar-refractivity contribution < 1.29 is 50.3 Å². The third-order valence-corrected chi connectivity index (χ3v) is 4.71. The first-order valence-corrected chi connectivity index (χ1v) is 10.1.